The number of fused-ring (bicyclic) bond motifs is 1. The summed E-state index contributed by atoms with van der Waals surface area (Å²) in [7, 11) is 3.21. The molecule has 0 saturated carbocycles. The van der Waals surface area contributed by atoms with Gasteiger partial charge in [0.15, 0.2) is 0 Å². The predicted molar refractivity (Wildman–Crippen MR) is 165 cm³/mol. The Kier molecular flexibility index (Phi) is 9.22. The molecule has 0 aliphatic carbocycles. The van der Waals surface area contributed by atoms with Crippen molar-refractivity contribution >= 4 is 45.9 Å². The van der Waals surface area contributed by atoms with Crippen LogP contribution in [0.4, 0.5) is 10.1 Å². The molecule has 0 radical (unpaired) electrons. The summed E-state index contributed by atoms with van der Waals surface area (Å²) in [5.41, 5.74) is 2.00. The number of para-hydroxylation sites is 2. The second kappa shape index (κ2) is 13.1. The number of Topliss-reactive ketones (excluding diaryl/α,β-unsaturated/α-hetero) is 1. The van der Waals surface area contributed by atoms with Gasteiger partial charge >= 0.3 is 11.9 Å². The van der Waals surface area contributed by atoms with E-state index >= 15 is 4.39 Å². The van der Waals surface area contributed by atoms with Crippen molar-refractivity contribution in [1.82, 2.24) is 9.47 Å². The van der Waals surface area contributed by atoms with Crippen LogP contribution in [0.25, 0.3) is 10.9 Å². The van der Waals surface area contributed by atoms with Crippen molar-refractivity contribution in [3.05, 3.63) is 88.6 Å². The van der Waals surface area contributed by atoms with Crippen LogP contribution in [-0.4, -0.2) is 59.9 Å². The lowest BCUT2D eigenvalue weighted by molar-refractivity contribution is -0.191. The van der Waals surface area contributed by atoms with Gasteiger partial charge in [-0.15, -0.1) is 0 Å². The Hall–Kier alpha value is -4.41. The first kappa shape index (κ1) is 31.0. The fraction of sp³-hybridized carbons (Fsp3) is 0.303. The van der Waals surface area contributed by atoms with Crippen LogP contribution in [0, 0.1) is 0 Å². The highest BCUT2D eigenvalue weighted by molar-refractivity contribution is 6.34. The maximum atomic E-state index is 16.9. The van der Waals surface area contributed by atoms with Gasteiger partial charge in [-0.3, -0.25) is 9.59 Å². The van der Waals surface area contributed by atoms with Crippen molar-refractivity contribution in [3.8, 4) is 11.5 Å². The Bertz CT molecular complexity index is 1720. The van der Waals surface area contributed by atoms with Crippen molar-refractivity contribution in [2.24, 2.45) is 7.05 Å². The number of ketones is 1. The Morgan fingerprint density at radius 1 is 1.02 bits per heavy atom. The number of halogens is 2. The second-order valence-electron chi connectivity index (χ2n) is 10.4. The third kappa shape index (κ3) is 6.13. The van der Waals surface area contributed by atoms with Gasteiger partial charge in [-0.05, 0) is 49.6 Å². The van der Waals surface area contributed by atoms with E-state index in [1.54, 1.807) is 31.3 Å². The molecule has 9 nitrogen and oxygen atoms in total. The van der Waals surface area contributed by atoms with Crippen LogP contribution < -0.4 is 14.8 Å². The minimum Gasteiger partial charge on any atom is -0.496 e. The lowest BCUT2D eigenvalue weighted by atomic mass is 10.0. The molecule has 0 spiro atoms. The molecule has 230 valence electrons. The topological polar surface area (TPSA) is 99.1 Å². The summed E-state index contributed by atoms with van der Waals surface area (Å²) in [5.74, 6) is -4.63. The summed E-state index contributed by atoms with van der Waals surface area (Å²) < 4.78 is 34.9. The number of amides is 1. The lowest BCUT2D eigenvalue weighted by Gasteiger charge is -2.33. The SMILES string of the molecule is CCOC(=O)c1ccc(OC(F)(C(=O)Cc2cccc(Cl)c2NC(=O)c2cn(C)c3ccccc23)N2CCCC2)cc1OC. The van der Waals surface area contributed by atoms with Gasteiger partial charge in [0.2, 0.25) is 5.78 Å². The Morgan fingerprint density at radius 2 is 1.77 bits per heavy atom. The smallest absolute Gasteiger partial charge is 0.371 e. The molecular weight excluding hydrogens is 589 g/mol. The Morgan fingerprint density at radius 3 is 2.50 bits per heavy atom. The summed E-state index contributed by atoms with van der Waals surface area (Å²) in [6.07, 6.45) is 2.68. The van der Waals surface area contributed by atoms with Crippen LogP contribution in [0.1, 0.15) is 46.0 Å². The Balaban J connectivity index is 1.43. The van der Waals surface area contributed by atoms with Gasteiger partial charge in [-0.1, -0.05) is 41.9 Å². The Labute approximate surface area is 259 Å². The number of rotatable bonds is 11. The van der Waals surface area contributed by atoms with Gasteiger partial charge in [-0.25, -0.2) is 9.69 Å². The van der Waals surface area contributed by atoms with E-state index in [0.29, 0.717) is 37.1 Å². The minimum atomic E-state index is -2.84. The number of hydrogen-bond acceptors (Lipinski definition) is 7. The minimum absolute atomic E-state index is 0.00627. The lowest BCUT2D eigenvalue weighted by Crippen LogP contribution is -2.55. The average molecular weight is 622 g/mol. The molecule has 44 heavy (non-hydrogen) atoms. The molecule has 11 heteroatoms. The number of likely N-dealkylation sites (tertiary alicyclic amines) is 1. The normalized spacial score (nSPS) is 14.7. The number of hydrogen-bond donors (Lipinski definition) is 1. The van der Waals surface area contributed by atoms with E-state index in [-0.39, 0.29) is 34.4 Å². The number of aromatic nitrogens is 1. The van der Waals surface area contributed by atoms with Gasteiger partial charge < -0.3 is 24.1 Å². The van der Waals surface area contributed by atoms with Gasteiger partial charge in [0.1, 0.15) is 17.1 Å². The van der Waals surface area contributed by atoms with E-state index in [0.717, 1.165) is 10.9 Å². The van der Waals surface area contributed by atoms with Crippen LogP contribution in [0.15, 0.2) is 66.9 Å². The number of anilines is 1. The zero-order valence-corrected chi connectivity index (χ0v) is 25.4. The summed E-state index contributed by atoms with van der Waals surface area (Å²) >= 11 is 6.52. The van der Waals surface area contributed by atoms with Crippen molar-refractivity contribution < 1.29 is 33.0 Å². The van der Waals surface area contributed by atoms with E-state index in [1.807, 2.05) is 35.9 Å². The highest BCUT2D eigenvalue weighted by atomic mass is 35.5. The first-order valence-corrected chi connectivity index (χ1v) is 14.7. The molecule has 1 saturated heterocycles. The molecule has 1 aromatic heterocycles. The largest absolute Gasteiger partial charge is 0.496 e. The van der Waals surface area contributed by atoms with E-state index in [2.05, 4.69) is 5.32 Å². The summed E-state index contributed by atoms with van der Waals surface area (Å²) in [6, 6.07) is 16.5. The molecular formula is C33H33ClFN3O6. The second-order valence-corrected chi connectivity index (χ2v) is 10.8. The maximum Gasteiger partial charge on any atom is 0.371 e. The van der Waals surface area contributed by atoms with Crippen molar-refractivity contribution in [1.29, 1.82) is 0 Å². The van der Waals surface area contributed by atoms with E-state index in [1.165, 1.54) is 30.2 Å². The van der Waals surface area contributed by atoms with Gasteiger partial charge in [0.25, 0.3) is 5.91 Å². The molecule has 1 N–H and O–H groups in total. The third-order valence-corrected chi connectivity index (χ3v) is 7.92. The number of aryl methyl sites for hydroxylation is 1. The molecule has 1 unspecified atom stereocenters. The highest BCUT2D eigenvalue weighted by Crippen LogP contribution is 2.35. The van der Waals surface area contributed by atoms with Crippen LogP contribution >= 0.6 is 11.6 Å². The molecule has 5 rings (SSSR count). The first-order chi connectivity index (χ1) is 21.2. The van der Waals surface area contributed by atoms with Crippen LogP contribution in [0.5, 0.6) is 11.5 Å². The standard InChI is InChI=1S/C33H33ClFN3O6/c1-4-43-32(41)24-15-14-22(19-28(24)42-3)44-33(35,38-16-7-8-17-38)29(39)18-21-10-9-12-26(34)30(21)36-31(40)25-20-37(2)27-13-6-5-11-23(25)27/h5-6,9-15,19-20H,4,7-8,16-18H2,1-3H3,(H,36,40). The number of ether oxygens (including phenoxy) is 3. The van der Waals surface area contributed by atoms with E-state index in [9.17, 15) is 14.4 Å². The number of carbonyl (C=O) groups excluding carboxylic acids is 3. The molecule has 1 fully saturated rings. The quantitative estimate of drug-likeness (QED) is 0.158. The molecule has 1 amide bonds. The average Bonchev–Trinajstić information content (AvgIpc) is 3.68. The highest BCUT2D eigenvalue weighted by Gasteiger charge is 2.48. The van der Waals surface area contributed by atoms with Crippen LogP contribution in [0.3, 0.4) is 0 Å². The third-order valence-electron chi connectivity index (χ3n) is 7.61. The van der Waals surface area contributed by atoms with Crippen molar-refractivity contribution in [2.75, 3.05) is 32.1 Å². The molecule has 1 aliphatic rings. The van der Waals surface area contributed by atoms with Gasteiger partial charge in [-0.2, -0.15) is 4.39 Å². The van der Waals surface area contributed by atoms with Crippen molar-refractivity contribution in [3.63, 3.8) is 0 Å². The molecule has 4 aromatic rings. The monoisotopic (exact) mass is 621 g/mol. The first-order valence-electron chi connectivity index (χ1n) is 14.3. The fourth-order valence-electron chi connectivity index (χ4n) is 5.41. The molecule has 0 bridgehead atoms. The molecule has 3 aromatic carbocycles. The molecule has 2 heterocycles. The van der Waals surface area contributed by atoms with Gasteiger partial charge in [0, 0.05) is 49.7 Å². The number of carbonyl (C=O) groups is 3. The van der Waals surface area contributed by atoms with E-state index in [4.69, 9.17) is 25.8 Å². The summed E-state index contributed by atoms with van der Waals surface area (Å²) in [5, 5.41) is 3.80. The van der Waals surface area contributed by atoms with Crippen LogP contribution in [0.2, 0.25) is 5.02 Å². The number of esters is 1. The maximum absolute atomic E-state index is 16.9. The number of nitrogens with one attached hydrogen (secondary N) is 1. The van der Waals surface area contributed by atoms with E-state index < -0.39 is 30.1 Å². The number of alkyl halides is 1. The molecule has 1 aliphatic heterocycles. The van der Waals surface area contributed by atoms with Gasteiger partial charge in [0.05, 0.1) is 30.0 Å². The van der Waals surface area contributed by atoms with Crippen molar-refractivity contribution in [2.45, 2.75) is 32.2 Å². The number of benzene rings is 3. The fourth-order valence-corrected chi connectivity index (χ4v) is 5.65. The zero-order valence-electron chi connectivity index (χ0n) is 24.7. The predicted octanol–water partition coefficient (Wildman–Crippen LogP) is 6.18. The zero-order chi connectivity index (χ0) is 31.4. The van der Waals surface area contributed by atoms with Crippen LogP contribution in [-0.2, 0) is 23.0 Å². The number of nitrogens with zero attached hydrogens (tertiary/aromatic N) is 2. The summed E-state index contributed by atoms with van der Waals surface area (Å²) in [6.45, 7) is 2.47. The molecule has 1 atom stereocenters. The number of methoxy groups -OCH3 is 1. The summed E-state index contributed by atoms with van der Waals surface area (Å²) in [4.78, 5) is 40.9.